The van der Waals surface area contributed by atoms with Gasteiger partial charge >= 0.3 is 0 Å². The second-order valence-corrected chi connectivity index (χ2v) is 7.70. The average molecular weight is 518 g/mol. The van der Waals surface area contributed by atoms with Crippen LogP contribution in [0.2, 0.25) is 0 Å². The molecule has 1 saturated carbocycles. The summed E-state index contributed by atoms with van der Waals surface area (Å²) in [7, 11) is 1.79. The van der Waals surface area contributed by atoms with Crippen molar-refractivity contribution in [2.24, 2.45) is 10.4 Å². The van der Waals surface area contributed by atoms with Gasteiger partial charge in [-0.15, -0.1) is 24.0 Å². The van der Waals surface area contributed by atoms with Gasteiger partial charge in [0.05, 0.1) is 6.54 Å². The molecule has 0 saturated heterocycles. The zero-order chi connectivity index (χ0) is 20.2. The first-order chi connectivity index (χ1) is 13.7. The van der Waals surface area contributed by atoms with Crippen LogP contribution < -0.4 is 15.5 Å². The molecule has 1 aliphatic rings. The van der Waals surface area contributed by atoms with E-state index >= 15 is 0 Å². The number of rotatable bonds is 11. The summed E-state index contributed by atoms with van der Waals surface area (Å²) in [5.41, 5.74) is 1.47. The van der Waals surface area contributed by atoms with E-state index in [1.807, 2.05) is 6.20 Å². The second kappa shape index (κ2) is 14.0. The van der Waals surface area contributed by atoms with Crippen LogP contribution in [0.15, 0.2) is 23.3 Å². The first-order valence-corrected chi connectivity index (χ1v) is 10.9. The van der Waals surface area contributed by atoms with Crippen LogP contribution in [0.1, 0.15) is 58.4 Å². The minimum absolute atomic E-state index is 0. The summed E-state index contributed by atoms with van der Waals surface area (Å²) < 4.78 is 5.35. The predicted octanol–water partition coefficient (Wildman–Crippen LogP) is 4.20. The first-order valence-electron chi connectivity index (χ1n) is 10.9. The zero-order valence-electron chi connectivity index (χ0n) is 18.7. The predicted molar refractivity (Wildman–Crippen MR) is 133 cm³/mol. The standard InChI is InChI=1S/C22H39N5O.HI/c1-5-23-21(26-18-22(14-15-28-4)12-8-9-13-22)25-17-19-10-11-20(24-16-19)27(6-2)7-3;/h10-11,16H,5-9,12-15,17-18H2,1-4H3,(H2,23,25,26);1H. The van der Waals surface area contributed by atoms with E-state index < -0.39 is 0 Å². The summed E-state index contributed by atoms with van der Waals surface area (Å²) in [5.74, 6) is 1.92. The number of hydrogen-bond donors (Lipinski definition) is 2. The monoisotopic (exact) mass is 517 g/mol. The van der Waals surface area contributed by atoms with E-state index in [0.29, 0.717) is 12.0 Å². The lowest BCUT2D eigenvalue weighted by Gasteiger charge is -2.30. The lowest BCUT2D eigenvalue weighted by atomic mass is 9.83. The van der Waals surface area contributed by atoms with Gasteiger partial charge < -0.3 is 20.3 Å². The highest BCUT2D eigenvalue weighted by Crippen LogP contribution is 2.40. The third kappa shape index (κ3) is 8.28. The van der Waals surface area contributed by atoms with Gasteiger partial charge in [-0.2, -0.15) is 0 Å². The van der Waals surface area contributed by atoms with Crippen molar-refractivity contribution in [1.82, 2.24) is 15.6 Å². The van der Waals surface area contributed by atoms with E-state index in [1.54, 1.807) is 7.11 Å². The van der Waals surface area contributed by atoms with Crippen molar-refractivity contribution in [3.63, 3.8) is 0 Å². The maximum absolute atomic E-state index is 5.35. The summed E-state index contributed by atoms with van der Waals surface area (Å²) in [4.78, 5) is 11.6. The van der Waals surface area contributed by atoms with E-state index in [0.717, 1.165) is 56.5 Å². The molecule has 0 spiro atoms. The number of methoxy groups -OCH3 is 1. The molecule has 29 heavy (non-hydrogen) atoms. The fourth-order valence-electron chi connectivity index (χ4n) is 3.99. The summed E-state index contributed by atoms with van der Waals surface area (Å²) in [6.07, 6.45) is 8.26. The molecule has 1 heterocycles. The summed E-state index contributed by atoms with van der Waals surface area (Å²) in [6, 6.07) is 4.22. The lowest BCUT2D eigenvalue weighted by Crippen LogP contribution is -2.43. The van der Waals surface area contributed by atoms with Crippen LogP contribution in [0.5, 0.6) is 0 Å². The normalized spacial score (nSPS) is 15.7. The Hall–Kier alpha value is -1.09. The number of halogens is 1. The molecule has 7 heteroatoms. The van der Waals surface area contributed by atoms with Gasteiger partial charge in [0.25, 0.3) is 0 Å². The molecule has 0 atom stereocenters. The number of aliphatic imine (C=N–C) groups is 1. The van der Waals surface area contributed by atoms with Gasteiger partial charge in [0, 0.05) is 46.1 Å². The Morgan fingerprint density at radius 2 is 1.90 bits per heavy atom. The number of guanidine groups is 1. The van der Waals surface area contributed by atoms with Gasteiger partial charge in [-0.05, 0) is 57.1 Å². The van der Waals surface area contributed by atoms with Gasteiger partial charge in [-0.3, -0.25) is 0 Å². The summed E-state index contributed by atoms with van der Waals surface area (Å²) >= 11 is 0. The fraction of sp³-hybridized carbons (Fsp3) is 0.727. The zero-order valence-corrected chi connectivity index (χ0v) is 21.0. The van der Waals surface area contributed by atoms with E-state index in [-0.39, 0.29) is 24.0 Å². The van der Waals surface area contributed by atoms with Crippen molar-refractivity contribution in [2.45, 2.75) is 59.4 Å². The van der Waals surface area contributed by atoms with Gasteiger partial charge in [0.1, 0.15) is 5.82 Å². The molecule has 6 nitrogen and oxygen atoms in total. The van der Waals surface area contributed by atoms with Crippen molar-refractivity contribution in [3.8, 4) is 0 Å². The third-order valence-corrected chi connectivity index (χ3v) is 5.79. The smallest absolute Gasteiger partial charge is 0.191 e. The van der Waals surface area contributed by atoms with E-state index in [4.69, 9.17) is 9.73 Å². The Labute approximate surface area is 194 Å². The van der Waals surface area contributed by atoms with Crippen molar-refractivity contribution in [3.05, 3.63) is 23.9 Å². The van der Waals surface area contributed by atoms with Gasteiger partial charge in [0.15, 0.2) is 5.96 Å². The highest BCUT2D eigenvalue weighted by molar-refractivity contribution is 14.0. The van der Waals surface area contributed by atoms with Crippen LogP contribution in [0.4, 0.5) is 5.82 Å². The van der Waals surface area contributed by atoms with Crippen LogP contribution in [-0.2, 0) is 11.3 Å². The minimum atomic E-state index is 0. The topological polar surface area (TPSA) is 61.8 Å². The summed E-state index contributed by atoms with van der Waals surface area (Å²) in [6.45, 7) is 11.6. The molecule has 0 amide bonds. The molecule has 0 bridgehead atoms. The molecule has 0 aromatic carbocycles. The molecule has 1 aromatic heterocycles. The molecule has 166 valence electrons. The molecule has 0 radical (unpaired) electrons. The molecule has 1 aliphatic carbocycles. The Balaban J connectivity index is 0.00000420. The molecule has 2 rings (SSSR count). The Morgan fingerprint density at radius 3 is 2.45 bits per heavy atom. The molecule has 2 N–H and O–H groups in total. The van der Waals surface area contributed by atoms with Crippen molar-refractivity contribution < 1.29 is 4.74 Å². The number of aromatic nitrogens is 1. The van der Waals surface area contributed by atoms with Gasteiger partial charge in [-0.25, -0.2) is 9.98 Å². The number of ether oxygens (including phenoxy) is 1. The fourth-order valence-corrected chi connectivity index (χ4v) is 3.99. The Morgan fingerprint density at radius 1 is 1.17 bits per heavy atom. The summed E-state index contributed by atoms with van der Waals surface area (Å²) in [5, 5.41) is 6.96. The Kier molecular flexibility index (Phi) is 12.5. The van der Waals surface area contributed by atoms with Crippen molar-refractivity contribution in [1.29, 1.82) is 0 Å². The van der Waals surface area contributed by atoms with E-state index in [2.05, 4.69) is 53.4 Å². The SMILES string of the molecule is CCNC(=NCc1ccc(N(CC)CC)nc1)NCC1(CCOC)CCCC1.I. The molecule has 1 fully saturated rings. The lowest BCUT2D eigenvalue weighted by molar-refractivity contribution is 0.138. The van der Waals surface area contributed by atoms with Crippen LogP contribution in [-0.4, -0.2) is 50.8 Å². The van der Waals surface area contributed by atoms with Crippen LogP contribution in [0.25, 0.3) is 0 Å². The quantitative estimate of drug-likeness (QED) is 0.262. The van der Waals surface area contributed by atoms with Crippen molar-refractivity contribution >= 4 is 35.8 Å². The van der Waals surface area contributed by atoms with Gasteiger partial charge in [0.2, 0.25) is 0 Å². The molecule has 0 aliphatic heterocycles. The number of nitrogens with zero attached hydrogens (tertiary/aromatic N) is 3. The highest BCUT2D eigenvalue weighted by atomic mass is 127. The van der Waals surface area contributed by atoms with Crippen LogP contribution in [0, 0.1) is 5.41 Å². The average Bonchev–Trinajstić information content (AvgIpc) is 3.19. The first kappa shape index (κ1) is 25.9. The molecule has 0 unspecified atom stereocenters. The maximum atomic E-state index is 5.35. The molecule has 1 aromatic rings. The van der Waals surface area contributed by atoms with E-state index in [9.17, 15) is 0 Å². The number of anilines is 1. The largest absolute Gasteiger partial charge is 0.385 e. The number of nitrogens with one attached hydrogen (secondary N) is 2. The third-order valence-electron chi connectivity index (χ3n) is 5.79. The highest BCUT2D eigenvalue weighted by Gasteiger charge is 2.33. The second-order valence-electron chi connectivity index (χ2n) is 7.70. The minimum Gasteiger partial charge on any atom is -0.385 e. The molecular formula is C22H40IN5O. The van der Waals surface area contributed by atoms with E-state index in [1.165, 1.54) is 25.7 Å². The maximum Gasteiger partial charge on any atom is 0.191 e. The van der Waals surface area contributed by atoms with Gasteiger partial charge in [-0.1, -0.05) is 18.9 Å². The Bertz CT molecular complexity index is 583. The molecular weight excluding hydrogens is 477 g/mol. The van der Waals surface area contributed by atoms with Crippen molar-refractivity contribution in [2.75, 3.05) is 44.8 Å². The number of pyridine rings is 1. The number of hydrogen-bond acceptors (Lipinski definition) is 4. The van der Waals surface area contributed by atoms with Crippen LogP contribution in [0.3, 0.4) is 0 Å². The van der Waals surface area contributed by atoms with Crippen LogP contribution >= 0.6 is 24.0 Å².